The van der Waals surface area contributed by atoms with Crippen LogP contribution < -0.4 is 4.74 Å². The van der Waals surface area contributed by atoms with Gasteiger partial charge >= 0.3 is 5.97 Å². The predicted octanol–water partition coefficient (Wildman–Crippen LogP) is 3.44. The van der Waals surface area contributed by atoms with Crippen LogP contribution in [0.2, 0.25) is 0 Å². The summed E-state index contributed by atoms with van der Waals surface area (Å²) in [5, 5.41) is 0. The molecule has 0 unspecified atom stereocenters. The molecular weight excluding hydrogens is 325 g/mol. The lowest BCUT2D eigenvalue weighted by molar-refractivity contribution is 0.0651. The summed E-state index contributed by atoms with van der Waals surface area (Å²) in [4.78, 5) is 38.1. The predicted molar refractivity (Wildman–Crippen MR) is 88.1 cm³/mol. The van der Waals surface area contributed by atoms with Gasteiger partial charge in [0.05, 0.1) is 16.7 Å². The van der Waals surface area contributed by atoms with Gasteiger partial charge in [-0.1, -0.05) is 25.5 Å². The number of carbonyl (C=O) groups is 3. The monoisotopic (exact) mass is 341 g/mol. The molecular formula is C19H16FNO4. The number of ether oxygens (including phenoxy) is 1. The summed E-state index contributed by atoms with van der Waals surface area (Å²) >= 11 is 0. The van der Waals surface area contributed by atoms with Crippen molar-refractivity contribution in [2.24, 2.45) is 0 Å². The van der Waals surface area contributed by atoms with E-state index in [4.69, 9.17) is 4.74 Å². The molecule has 0 spiro atoms. The van der Waals surface area contributed by atoms with Crippen molar-refractivity contribution >= 4 is 17.8 Å². The first kappa shape index (κ1) is 16.8. The third-order valence-electron chi connectivity index (χ3n) is 3.98. The number of imide groups is 1. The fourth-order valence-electron chi connectivity index (χ4n) is 2.62. The van der Waals surface area contributed by atoms with Gasteiger partial charge in [0.1, 0.15) is 0 Å². The Morgan fingerprint density at radius 3 is 2.52 bits per heavy atom. The molecule has 128 valence electrons. The SMILES string of the molecule is CCCCN1C(=O)c2ccc(C(=O)Oc3ccccc3F)cc2C1=O. The Hall–Kier alpha value is -3.02. The molecule has 0 atom stereocenters. The fraction of sp³-hybridized carbons (Fsp3) is 0.211. The minimum absolute atomic E-state index is 0.0838. The second-order valence-electron chi connectivity index (χ2n) is 5.70. The van der Waals surface area contributed by atoms with Gasteiger partial charge in [-0.25, -0.2) is 9.18 Å². The summed E-state index contributed by atoms with van der Waals surface area (Å²) in [5.74, 6) is -2.43. The number of benzene rings is 2. The van der Waals surface area contributed by atoms with Gasteiger partial charge in [-0.15, -0.1) is 0 Å². The van der Waals surface area contributed by atoms with Gasteiger partial charge in [0.15, 0.2) is 11.6 Å². The summed E-state index contributed by atoms with van der Waals surface area (Å²) in [6.07, 6.45) is 1.57. The zero-order valence-corrected chi connectivity index (χ0v) is 13.6. The van der Waals surface area contributed by atoms with Crippen molar-refractivity contribution in [1.82, 2.24) is 4.90 Å². The van der Waals surface area contributed by atoms with Crippen LogP contribution in [0.25, 0.3) is 0 Å². The molecule has 2 aromatic rings. The van der Waals surface area contributed by atoms with E-state index in [1.807, 2.05) is 6.92 Å². The van der Waals surface area contributed by atoms with Gasteiger partial charge in [0, 0.05) is 6.54 Å². The maximum absolute atomic E-state index is 13.6. The van der Waals surface area contributed by atoms with Crippen LogP contribution >= 0.6 is 0 Å². The van der Waals surface area contributed by atoms with Crippen molar-refractivity contribution in [3.05, 3.63) is 65.0 Å². The van der Waals surface area contributed by atoms with Crippen molar-refractivity contribution in [2.45, 2.75) is 19.8 Å². The second kappa shape index (κ2) is 6.84. The number of rotatable bonds is 5. The van der Waals surface area contributed by atoms with E-state index in [0.29, 0.717) is 13.0 Å². The first-order valence-electron chi connectivity index (χ1n) is 8.00. The normalized spacial score (nSPS) is 13.1. The van der Waals surface area contributed by atoms with E-state index in [-0.39, 0.29) is 28.3 Å². The standard InChI is InChI=1S/C19H16FNO4/c1-2-3-10-21-17(22)13-9-8-12(11-14(13)18(21)23)19(24)25-16-7-5-4-6-15(16)20/h4-9,11H,2-3,10H2,1H3. The first-order valence-corrected chi connectivity index (χ1v) is 8.00. The van der Waals surface area contributed by atoms with Crippen molar-refractivity contribution in [3.8, 4) is 5.75 Å². The van der Waals surface area contributed by atoms with Crippen LogP contribution in [0, 0.1) is 5.82 Å². The summed E-state index contributed by atoms with van der Waals surface area (Å²) in [7, 11) is 0. The molecule has 1 aliphatic heterocycles. The van der Waals surface area contributed by atoms with Crippen molar-refractivity contribution in [2.75, 3.05) is 6.54 Å². The highest BCUT2D eigenvalue weighted by Crippen LogP contribution is 2.25. The smallest absolute Gasteiger partial charge is 0.343 e. The molecule has 0 radical (unpaired) electrons. The van der Waals surface area contributed by atoms with Crippen LogP contribution in [-0.2, 0) is 0 Å². The molecule has 0 saturated carbocycles. The summed E-state index contributed by atoms with van der Waals surface area (Å²) < 4.78 is 18.6. The lowest BCUT2D eigenvalue weighted by Gasteiger charge is -2.12. The molecule has 0 aliphatic carbocycles. The zero-order valence-electron chi connectivity index (χ0n) is 13.6. The number of para-hydroxylation sites is 1. The number of hydrogen-bond acceptors (Lipinski definition) is 4. The van der Waals surface area contributed by atoms with Gasteiger partial charge in [-0.05, 0) is 36.8 Å². The van der Waals surface area contributed by atoms with E-state index in [2.05, 4.69) is 0 Å². The first-order chi connectivity index (χ1) is 12.0. The number of carbonyl (C=O) groups excluding carboxylic acids is 3. The molecule has 0 fully saturated rings. The van der Waals surface area contributed by atoms with Crippen molar-refractivity contribution in [1.29, 1.82) is 0 Å². The fourth-order valence-corrected chi connectivity index (χ4v) is 2.62. The van der Waals surface area contributed by atoms with Gasteiger partial charge in [-0.3, -0.25) is 14.5 Å². The quantitative estimate of drug-likeness (QED) is 0.475. The number of esters is 1. The molecule has 3 rings (SSSR count). The number of nitrogens with zero attached hydrogens (tertiary/aromatic N) is 1. The molecule has 2 amide bonds. The average molecular weight is 341 g/mol. The highest BCUT2D eigenvalue weighted by Gasteiger charge is 2.35. The summed E-state index contributed by atoms with van der Waals surface area (Å²) in [6, 6.07) is 9.70. The second-order valence-corrected chi connectivity index (χ2v) is 5.70. The minimum Gasteiger partial charge on any atom is -0.420 e. The third kappa shape index (κ3) is 3.15. The van der Waals surface area contributed by atoms with Crippen LogP contribution in [0.3, 0.4) is 0 Å². The molecule has 5 nitrogen and oxygen atoms in total. The Morgan fingerprint density at radius 2 is 1.80 bits per heavy atom. The maximum Gasteiger partial charge on any atom is 0.343 e. The zero-order chi connectivity index (χ0) is 18.0. The summed E-state index contributed by atoms with van der Waals surface area (Å²) in [5.41, 5.74) is 0.521. The van der Waals surface area contributed by atoms with Gasteiger partial charge in [-0.2, -0.15) is 0 Å². The van der Waals surface area contributed by atoms with E-state index in [1.165, 1.54) is 41.3 Å². The lowest BCUT2D eigenvalue weighted by atomic mass is 10.1. The molecule has 0 bridgehead atoms. The Kier molecular flexibility index (Phi) is 4.61. The molecule has 6 heteroatoms. The highest BCUT2D eigenvalue weighted by atomic mass is 19.1. The Balaban J connectivity index is 1.84. The molecule has 1 heterocycles. The minimum atomic E-state index is -0.792. The van der Waals surface area contributed by atoms with Gasteiger partial charge < -0.3 is 4.74 Å². The highest BCUT2D eigenvalue weighted by molar-refractivity contribution is 6.22. The van der Waals surface area contributed by atoms with Crippen LogP contribution in [0.15, 0.2) is 42.5 Å². The van der Waals surface area contributed by atoms with E-state index in [0.717, 1.165) is 6.42 Å². The number of unbranched alkanes of at least 4 members (excludes halogenated alkanes) is 1. The van der Waals surface area contributed by atoms with Crippen molar-refractivity contribution < 1.29 is 23.5 Å². The Bertz CT molecular complexity index is 862. The van der Waals surface area contributed by atoms with Crippen LogP contribution in [0.1, 0.15) is 50.8 Å². The molecule has 2 aromatic carbocycles. The Labute approximate surface area is 144 Å². The molecule has 1 aliphatic rings. The van der Waals surface area contributed by atoms with E-state index in [9.17, 15) is 18.8 Å². The molecule has 0 aromatic heterocycles. The number of hydrogen-bond donors (Lipinski definition) is 0. The average Bonchev–Trinajstić information content (AvgIpc) is 2.85. The molecule has 0 N–H and O–H groups in total. The number of amides is 2. The largest absolute Gasteiger partial charge is 0.420 e. The van der Waals surface area contributed by atoms with E-state index in [1.54, 1.807) is 6.07 Å². The lowest BCUT2D eigenvalue weighted by Crippen LogP contribution is -2.30. The van der Waals surface area contributed by atoms with Gasteiger partial charge in [0.25, 0.3) is 11.8 Å². The van der Waals surface area contributed by atoms with Gasteiger partial charge in [0.2, 0.25) is 0 Å². The summed E-state index contributed by atoms with van der Waals surface area (Å²) in [6.45, 7) is 2.31. The van der Waals surface area contributed by atoms with Crippen LogP contribution in [0.5, 0.6) is 5.75 Å². The topological polar surface area (TPSA) is 63.7 Å². The number of halogens is 1. The van der Waals surface area contributed by atoms with E-state index >= 15 is 0 Å². The van der Waals surface area contributed by atoms with Crippen LogP contribution in [-0.4, -0.2) is 29.2 Å². The third-order valence-corrected chi connectivity index (χ3v) is 3.98. The maximum atomic E-state index is 13.6. The van der Waals surface area contributed by atoms with E-state index < -0.39 is 17.7 Å². The Morgan fingerprint density at radius 1 is 1.08 bits per heavy atom. The molecule has 0 saturated heterocycles. The number of fused-ring (bicyclic) bond motifs is 1. The van der Waals surface area contributed by atoms with Crippen LogP contribution in [0.4, 0.5) is 4.39 Å². The van der Waals surface area contributed by atoms with Crippen molar-refractivity contribution in [3.63, 3.8) is 0 Å². The molecule has 25 heavy (non-hydrogen) atoms.